The summed E-state index contributed by atoms with van der Waals surface area (Å²) in [4.78, 5) is 22.5. The number of esters is 1. The van der Waals surface area contributed by atoms with Crippen LogP contribution < -0.4 is 0 Å². The third-order valence-corrected chi connectivity index (χ3v) is 6.79. The standard InChI is InChI=1S/C35H60O4/c1-3-4-5-6-7-8-9-10-11-12-13-14-15-20-23-26-29-32-35(38)39-33(2)30-27-24-21-18-16-17-19-22-25-28-31-34(36)37/h7-8,10-11,13-14,20,23,33H,3-6,9,12,15-19,21-22,24-32H2,1-2H3,(H,36,37)/b8-7-,11-10-,14-13-,23-20-. The third-order valence-electron chi connectivity index (χ3n) is 6.79. The predicted octanol–water partition coefficient (Wildman–Crippen LogP) is 10.8. The van der Waals surface area contributed by atoms with E-state index in [1.165, 1.54) is 64.2 Å². The van der Waals surface area contributed by atoms with Gasteiger partial charge >= 0.3 is 11.9 Å². The Labute approximate surface area is 241 Å². The highest BCUT2D eigenvalue weighted by atomic mass is 16.5. The van der Waals surface area contributed by atoms with E-state index in [1.807, 2.05) is 6.92 Å². The fourth-order valence-corrected chi connectivity index (χ4v) is 4.39. The Morgan fingerprint density at radius 3 is 1.56 bits per heavy atom. The molecule has 0 fully saturated rings. The van der Waals surface area contributed by atoms with Gasteiger partial charge in [0.05, 0.1) is 6.10 Å². The summed E-state index contributed by atoms with van der Waals surface area (Å²) >= 11 is 0. The van der Waals surface area contributed by atoms with Gasteiger partial charge in [-0.25, -0.2) is 0 Å². The summed E-state index contributed by atoms with van der Waals surface area (Å²) in [6, 6.07) is 0. The normalized spacial score (nSPS) is 12.9. The zero-order valence-corrected chi connectivity index (χ0v) is 25.4. The quantitative estimate of drug-likeness (QED) is 0.0604. The highest BCUT2D eigenvalue weighted by Crippen LogP contribution is 2.14. The summed E-state index contributed by atoms with van der Waals surface area (Å²) in [5, 5.41) is 8.62. The van der Waals surface area contributed by atoms with Gasteiger partial charge in [0, 0.05) is 12.8 Å². The number of allylic oxidation sites excluding steroid dienone is 8. The van der Waals surface area contributed by atoms with Crippen LogP contribution in [0.5, 0.6) is 0 Å². The first-order valence-corrected chi connectivity index (χ1v) is 16.1. The maximum absolute atomic E-state index is 12.1. The van der Waals surface area contributed by atoms with Crippen LogP contribution in [0, 0.1) is 0 Å². The minimum atomic E-state index is -0.683. The molecule has 0 rings (SSSR count). The molecule has 0 heterocycles. The average Bonchev–Trinajstić information content (AvgIpc) is 2.90. The van der Waals surface area contributed by atoms with Gasteiger partial charge in [0.1, 0.15) is 0 Å². The second-order valence-corrected chi connectivity index (χ2v) is 10.7. The van der Waals surface area contributed by atoms with Crippen molar-refractivity contribution in [3.05, 3.63) is 48.6 Å². The summed E-state index contributed by atoms with van der Waals surface area (Å²) in [5.41, 5.74) is 0. The zero-order chi connectivity index (χ0) is 28.7. The second-order valence-electron chi connectivity index (χ2n) is 10.7. The van der Waals surface area contributed by atoms with E-state index in [-0.39, 0.29) is 12.1 Å². The van der Waals surface area contributed by atoms with E-state index in [1.54, 1.807) is 0 Å². The number of carboxylic acids is 1. The Bertz CT molecular complexity index is 674. The average molecular weight is 545 g/mol. The maximum atomic E-state index is 12.1. The monoisotopic (exact) mass is 544 g/mol. The van der Waals surface area contributed by atoms with Crippen molar-refractivity contribution in [3.63, 3.8) is 0 Å². The summed E-state index contributed by atoms with van der Waals surface area (Å²) in [7, 11) is 0. The van der Waals surface area contributed by atoms with Crippen molar-refractivity contribution in [1.29, 1.82) is 0 Å². The van der Waals surface area contributed by atoms with Gasteiger partial charge in [-0.2, -0.15) is 0 Å². The molecular weight excluding hydrogens is 484 g/mol. The predicted molar refractivity (Wildman–Crippen MR) is 167 cm³/mol. The molecule has 0 aliphatic heterocycles. The highest BCUT2D eigenvalue weighted by Gasteiger charge is 2.08. The lowest BCUT2D eigenvalue weighted by Gasteiger charge is -2.13. The molecule has 0 saturated heterocycles. The maximum Gasteiger partial charge on any atom is 0.306 e. The van der Waals surface area contributed by atoms with Crippen molar-refractivity contribution in [2.45, 2.75) is 161 Å². The first-order chi connectivity index (χ1) is 19.1. The molecule has 0 aromatic rings. The number of unbranched alkanes of at least 4 members (excludes halogenated alkanes) is 13. The molecule has 1 unspecified atom stereocenters. The number of carbonyl (C=O) groups is 2. The van der Waals surface area contributed by atoms with E-state index < -0.39 is 5.97 Å². The van der Waals surface area contributed by atoms with Crippen molar-refractivity contribution in [2.75, 3.05) is 0 Å². The van der Waals surface area contributed by atoms with Crippen LogP contribution in [0.25, 0.3) is 0 Å². The minimum Gasteiger partial charge on any atom is -0.481 e. The van der Waals surface area contributed by atoms with Gasteiger partial charge in [0.15, 0.2) is 0 Å². The summed E-state index contributed by atoms with van der Waals surface area (Å²) in [6.45, 7) is 4.25. The van der Waals surface area contributed by atoms with Crippen LogP contribution in [0.15, 0.2) is 48.6 Å². The lowest BCUT2D eigenvalue weighted by Crippen LogP contribution is -2.14. The molecular formula is C35H60O4. The van der Waals surface area contributed by atoms with Gasteiger partial charge in [0.25, 0.3) is 0 Å². The second kappa shape index (κ2) is 30.4. The summed E-state index contributed by atoms with van der Waals surface area (Å²) in [5.74, 6) is -0.751. The summed E-state index contributed by atoms with van der Waals surface area (Å²) in [6.07, 6.45) is 41.0. The first-order valence-electron chi connectivity index (χ1n) is 16.1. The molecule has 0 bridgehead atoms. The Hall–Kier alpha value is -2.10. The molecule has 1 N–H and O–H groups in total. The zero-order valence-electron chi connectivity index (χ0n) is 25.4. The number of aliphatic carboxylic acids is 1. The number of ether oxygens (including phenoxy) is 1. The highest BCUT2D eigenvalue weighted by molar-refractivity contribution is 5.69. The van der Waals surface area contributed by atoms with E-state index >= 15 is 0 Å². The van der Waals surface area contributed by atoms with Gasteiger partial charge in [-0.05, 0) is 71.1 Å². The molecule has 224 valence electrons. The largest absolute Gasteiger partial charge is 0.481 e. The Balaban J connectivity index is 3.50. The minimum absolute atomic E-state index is 0.0137. The molecule has 0 saturated carbocycles. The molecule has 0 aliphatic rings. The molecule has 4 nitrogen and oxygen atoms in total. The van der Waals surface area contributed by atoms with Crippen molar-refractivity contribution >= 4 is 11.9 Å². The van der Waals surface area contributed by atoms with E-state index in [9.17, 15) is 9.59 Å². The number of rotatable bonds is 28. The van der Waals surface area contributed by atoms with E-state index in [4.69, 9.17) is 9.84 Å². The summed E-state index contributed by atoms with van der Waals surface area (Å²) < 4.78 is 5.56. The van der Waals surface area contributed by atoms with Crippen LogP contribution in [-0.4, -0.2) is 23.1 Å². The van der Waals surface area contributed by atoms with Crippen LogP contribution in [-0.2, 0) is 14.3 Å². The number of carbonyl (C=O) groups excluding carboxylic acids is 1. The molecule has 1 atom stereocenters. The topological polar surface area (TPSA) is 63.6 Å². The van der Waals surface area contributed by atoms with Gasteiger partial charge in [-0.15, -0.1) is 0 Å². The SMILES string of the molecule is CCCCC/C=C\C/C=C\C/C=C\C/C=C\CCCC(=O)OC(C)CCCCCCCCCCCCC(=O)O. The van der Waals surface area contributed by atoms with Crippen molar-refractivity contribution < 1.29 is 19.4 Å². The van der Waals surface area contributed by atoms with Crippen LogP contribution in [0.2, 0.25) is 0 Å². The van der Waals surface area contributed by atoms with Crippen molar-refractivity contribution in [2.24, 2.45) is 0 Å². The van der Waals surface area contributed by atoms with Gasteiger partial charge in [-0.1, -0.05) is 120 Å². The Morgan fingerprint density at radius 2 is 1.05 bits per heavy atom. The number of carboxylic acid groups (broad SMARTS) is 1. The van der Waals surface area contributed by atoms with E-state index in [2.05, 4.69) is 55.5 Å². The fourth-order valence-electron chi connectivity index (χ4n) is 4.39. The van der Waals surface area contributed by atoms with Crippen molar-refractivity contribution in [1.82, 2.24) is 0 Å². The molecule has 39 heavy (non-hydrogen) atoms. The molecule has 0 radical (unpaired) electrons. The fraction of sp³-hybridized carbons (Fsp3) is 0.714. The lowest BCUT2D eigenvalue weighted by atomic mass is 10.0. The number of hydrogen-bond donors (Lipinski definition) is 1. The van der Waals surface area contributed by atoms with Gasteiger partial charge in [0.2, 0.25) is 0 Å². The molecule has 0 aromatic heterocycles. The first kappa shape index (κ1) is 36.9. The van der Waals surface area contributed by atoms with Crippen LogP contribution in [0.4, 0.5) is 0 Å². The molecule has 0 spiro atoms. The van der Waals surface area contributed by atoms with Crippen LogP contribution in [0.3, 0.4) is 0 Å². The molecule has 4 heteroatoms. The molecule has 0 aromatic carbocycles. The molecule has 0 aliphatic carbocycles. The lowest BCUT2D eigenvalue weighted by molar-refractivity contribution is -0.148. The van der Waals surface area contributed by atoms with Crippen molar-refractivity contribution in [3.8, 4) is 0 Å². The molecule has 0 amide bonds. The van der Waals surface area contributed by atoms with Gasteiger partial charge in [-0.3, -0.25) is 9.59 Å². The third kappa shape index (κ3) is 32.0. The van der Waals surface area contributed by atoms with E-state index in [0.717, 1.165) is 64.2 Å². The smallest absolute Gasteiger partial charge is 0.306 e. The van der Waals surface area contributed by atoms with Crippen LogP contribution in [0.1, 0.15) is 155 Å². The van der Waals surface area contributed by atoms with E-state index in [0.29, 0.717) is 12.8 Å². The Morgan fingerprint density at radius 1 is 0.590 bits per heavy atom. The Kier molecular flexibility index (Phi) is 28.8. The van der Waals surface area contributed by atoms with Gasteiger partial charge < -0.3 is 9.84 Å². The van der Waals surface area contributed by atoms with Crippen LogP contribution >= 0.6 is 0 Å². The number of hydrogen-bond acceptors (Lipinski definition) is 3.